The van der Waals surface area contributed by atoms with Gasteiger partial charge in [0.25, 0.3) is 0 Å². The van der Waals surface area contributed by atoms with Crippen LogP contribution in [0.5, 0.6) is 0 Å². The van der Waals surface area contributed by atoms with Gasteiger partial charge in [0.15, 0.2) is 0 Å². The number of nitrogens with zero attached hydrogens (tertiary/aromatic N) is 3. The van der Waals surface area contributed by atoms with Crippen LogP contribution in [-0.4, -0.2) is 20.1 Å². The molecule has 0 aliphatic heterocycles. The summed E-state index contributed by atoms with van der Waals surface area (Å²) in [6, 6.07) is 4.16. The van der Waals surface area contributed by atoms with Crippen molar-refractivity contribution in [3.05, 3.63) is 42.1 Å². The zero-order valence-corrected chi connectivity index (χ0v) is 12.1. The molecule has 0 bridgehead atoms. The van der Waals surface area contributed by atoms with E-state index in [1.807, 2.05) is 29.2 Å². The Morgan fingerprint density at radius 2 is 2.00 bits per heavy atom. The quantitative estimate of drug-likeness (QED) is 0.917. The molecular weight excluding hydrogens is 236 g/mol. The van der Waals surface area contributed by atoms with Crippen molar-refractivity contribution in [2.24, 2.45) is 0 Å². The van der Waals surface area contributed by atoms with Crippen LogP contribution < -0.4 is 5.32 Å². The molecule has 0 unspecified atom stereocenters. The molecule has 102 valence electrons. The molecule has 0 radical (unpaired) electrons. The van der Waals surface area contributed by atoms with Crippen LogP contribution in [0.3, 0.4) is 0 Å². The van der Waals surface area contributed by atoms with Crippen LogP contribution in [0.4, 0.5) is 0 Å². The Morgan fingerprint density at radius 1 is 1.21 bits per heavy atom. The fourth-order valence-electron chi connectivity index (χ4n) is 1.87. The minimum Gasteiger partial charge on any atom is -0.308 e. The minimum atomic E-state index is 0.118. The number of hydrogen-bond acceptors (Lipinski definition) is 3. The molecule has 0 saturated carbocycles. The Labute approximate surface area is 114 Å². The molecule has 0 aromatic carbocycles. The Balaban J connectivity index is 2.20. The van der Waals surface area contributed by atoms with Crippen LogP contribution in [0.1, 0.15) is 39.1 Å². The second kappa shape index (κ2) is 5.53. The van der Waals surface area contributed by atoms with Gasteiger partial charge in [-0.3, -0.25) is 4.57 Å². The van der Waals surface area contributed by atoms with E-state index in [0.29, 0.717) is 0 Å². The van der Waals surface area contributed by atoms with E-state index in [1.165, 1.54) is 5.56 Å². The number of aryl methyl sites for hydroxylation is 1. The van der Waals surface area contributed by atoms with E-state index in [9.17, 15) is 0 Å². The van der Waals surface area contributed by atoms with Gasteiger partial charge in [-0.05, 0) is 38.5 Å². The highest BCUT2D eigenvalue weighted by Gasteiger charge is 2.09. The van der Waals surface area contributed by atoms with Gasteiger partial charge in [0, 0.05) is 37.1 Å². The maximum atomic E-state index is 4.43. The first-order chi connectivity index (χ1) is 8.99. The fraction of sp³-hybridized carbons (Fsp3) is 0.467. The van der Waals surface area contributed by atoms with E-state index in [-0.39, 0.29) is 5.54 Å². The van der Waals surface area contributed by atoms with Gasteiger partial charge in [0.1, 0.15) is 11.6 Å². The van der Waals surface area contributed by atoms with Crippen molar-refractivity contribution in [3.63, 3.8) is 0 Å². The zero-order valence-electron chi connectivity index (χ0n) is 12.1. The summed E-state index contributed by atoms with van der Waals surface area (Å²) in [7, 11) is 0. The summed E-state index contributed by atoms with van der Waals surface area (Å²) in [6.07, 6.45) is 6.54. The first kappa shape index (κ1) is 13.7. The highest BCUT2D eigenvalue weighted by atomic mass is 15.1. The molecule has 2 aromatic heterocycles. The number of imidazole rings is 1. The number of nitrogens with one attached hydrogen (secondary N) is 1. The highest BCUT2D eigenvalue weighted by Crippen LogP contribution is 2.11. The number of rotatable bonds is 4. The lowest BCUT2D eigenvalue weighted by Crippen LogP contribution is -2.35. The lowest BCUT2D eigenvalue weighted by atomic mass is 10.1. The predicted octanol–water partition coefficient (Wildman–Crippen LogP) is 2.72. The van der Waals surface area contributed by atoms with Crippen LogP contribution in [0.2, 0.25) is 0 Å². The van der Waals surface area contributed by atoms with E-state index in [4.69, 9.17) is 0 Å². The second-order valence-electron chi connectivity index (χ2n) is 5.69. The van der Waals surface area contributed by atoms with Gasteiger partial charge in [0.05, 0.1) is 0 Å². The van der Waals surface area contributed by atoms with Crippen molar-refractivity contribution in [1.29, 1.82) is 0 Å². The Hall–Kier alpha value is -1.68. The summed E-state index contributed by atoms with van der Waals surface area (Å²) >= 11 is 0. The molecule has 1 N–H and O–H groups in total. The number of pyridine rings is 1. The minimum absolute atomic E-state index is 0.118. The molecule has 2 rings (SSSR count). The molecule has 0 saturated heterocycles. The van der Waals surface area contributed by atoms with Crippen molar-refractivity contribution < 1.29 is 0 Å². The van der Waals surface area contributed by atoms with E-state index in [1.54, 1.807) is 0 Å². The van der Waals surface area contributed by atoms with Crippen LogP contribution in [-0.2, 0) is 13.0 Å². The molecule has 19 heavy (non-hydrogen) atoms. The summed E-state index contributed by atoms with van der Waals surface area (Å²) in [6.45, 7) is 9.44. The first-order valence-electron chi connectivity index (χ1n) is 6.72. The SMILES string of the molecule is CCc1nccn1-c1cc(CNC(C)(C)C)ccn1. The molecular formula is C15H22N4. The van der Waals surface area contributed by atoms with Crippen LogP contribution in [0, 0.1) is 0 Å². The molecule has 0 aliphatic rings. The molecule has 0 aliphatic carbocycles. The van der Waals surface area contributed by atoms with E-state index in [2.05, 4.69) is 49.0 Å². The molecule has 4 nitrogen and oxygen atoms in total. The Kier molecular flexibility index (Phi) is 4.00. The van der Waals surface area contributed by atoms with E-state index >= 15 is 0 Å². The molecule has 4 heteroatoms. The monoisotopic (exact) mass is 258 g/mol. The Bertz CT molecular complexity index is 537. The van der Waals surface area contributed by atoms with Gasteiger partial charge in [-0.2, -0.15) is 0 Å². The maximum Gasteiger partial charge on any atom is 0.138 e. The molecule has 0 amide bonds. The average molecular weight is 258 g/mol. The molecule has 2 aromatic rings. The van der Waals surface area contributed by atoms with Crippen LogP contribution >= 0.6 is 0 Å². The molecule has 0 fully saturated rings. The van der Waals surface area contributed by atoms with Gasteiger partial charge in [-0.25, -0.2) is 9.97 Å². The maximum absolute atomic E-state index is 4.43. The summed E-state index contributed by atoms with van der Waals surface area (Å²) < 4.78 is 2.04. The molecule has 2 heterocycles. The van der Waals surface area contributed by atoms with Gasteiger partial charge >= 0.3 is 0 Å². The second-order valence-corrected chi connectivity index (χ2v) is 5.69. The zero-order chi connectivity index (χ0) is 13.9. The fourth-order valence-corrected chi connectivity index (χ4v) is 1.87. The highest BCUT2D eigenvalue weighted by molar-refractivity contribution is 5.29. The third-order valence-electron chi connectivity index (χ3n) is 2.91. The normalized spacial score (nSPS) is 11.8. The third-order valence-corrected chi connectivity index (χ3v) is 2.91. The number of hydrogen-bond donors (Lipinski definition) is 1. The smallest absolute Gasteiger partial charge is 0.138 e. The van der Waals surface area contributed by atoms with E-state index in [0.717, 1.165) is 24.6 Å². The topological polar surface area (TPSA) is 42.7 Å². The van der Waals surface area contributed by atoms with Gasteiger partial charge in [0.2, 0.25) is 0 Å². The predicted molar refractivity (Wildman–Crippen MR) is 77.3 cm³/mol. The third kappa shape index (κ3) is 3.64. The molecule has 0 spiro atoms. The van der Waals surface area contributed by atoms with Crippen molar-refractivity contribution in [1.82, 2.24) is 19.9 Å². The summed E-state index contributed by atoms with van der Waals surface area (Å²) in [5.41, 5.74) is 1.35. The standard InChI is InChI=1S/C15H22N4/c1-5-13-17-8-9-19(13)14-10-12(6-7-16-14)11-18-15(2,3)4/h6-10,18H,5,11H2,1-4H3. The van der Waals surface area contributed by atoms with Crippen LogP contribution in [0.15, 0.2) is 30.7 Å². The van der Waals surface area contributed by atoms with Crippen molar-refractivity contribution >= 4 is 0 Å². The van der Waals surface area contributed by atoms with Crippen molar-refractivity contribution in [2.75, 3.05) is 0 Å². The Morgan fingerprint density at radius 3 is 2.68 bits per heavy atom. The van der Waals surface area contributed by atoms with Gasteiger partial charge < -0.3 is 5.32 Å². The van der Waals surface area contributed by atoms with Crippen LogP contribution in [0.25, 0.3) is 5.82 Å². The van der Waals surface area contributed by atoms with Gasteiger partial charge in [-0.1, -0.05) is 6.92 Å². The lowest BCUT2D eigenvalue weighted by molar-refractivity contribution is 0.424. The van der Waals surface area contributed by atoms with Crippen molar-refractivity contribution in [3.8, 4) is 5.82 Å². The van der Waals surface area contributed by atoms with E-state index < -0.39 is 0 Å². The van der Waals surface area contributed by atoms with Crippen molar-refractivity contribution in [2.45, 2.75) is 46.2 Å². The summed E-state index contributed by atoms with van der Waals surface area (Å²) in [4.78, 5) is 8.76. The van der Waals surface area contributed by atoms with Gasteiger partial charge in [-0.15, -0.1) is 0 Å². The summed E-state index contributed by atoms with van der Waals surface area (Å²) in [5, 5.41) is 3.49. The molecule has 0 atom stereocenters. The number of aromatic nitrogens is 3. The first-order valence-corrected chi connectivity index (χ1v) is 6.72. The summed E-state index contributed by atoms with van der Waals surface area (Å²) in [5.74, 6) is 1.97. The lowest BCUT2D eigenvalue weighted by Gasteiger charge is -2.20. The average Bonchev–Trinajstić information content (AvgIpc) is 2.84. The largest absolute Gasteiger partial charge is 0.308 e.